The van der Waals surface area contributed by atoms with Crippen LogP contribution in [0.5, 0.6) is 5.75 Å². The van der Waals surface area contributed by atoms with E-state index >= 15 is 0 Å². The molecule has 26 heavy (non-hydrogen) atoms. The standard InChI is InChI=1S/C21H27Br2NO2/c1-20(2,3)14-9-12(10-15(18(14)26)21(4,5)6)7-8-16(25)13-11-24-19(23)17(13)22/h9-11,24,26H,7-8H2,1-6H3. The Morgan fingerprint density at radius 2 is 1.54 bits per heavy atom. The molecule has 142 valence electrons. The van der Waals surface area contributed by atoms with Gasteiger partial charge in [0.1, 0.15) is 5.75 Å². The van der Waals surface area contributed by atoms with Crippen LogP contribution in [0.25, 0.3) is 0 Å². The van der Waals surface area contributed by atoms with Gasteiger partial charge in [-0.25, -0.2) is 0 Å². The molecule has 0 unspecified atom stereocenters. The average molecular weight is 485 g/mol. The highest BCUT2D eigenvalue weighted by molar-refractivity contribution is 9.13. The predicted octanol–water partition coefficient (Wildman–Crippen LogP) is 6.66. The lowest BCUT2D eigenvalue weighted by atomic mass is 9.78. The molecule has 3 nitrogen and oxygen atoms in total. The molecule has 0 aliphatic rings. The summed E-state index contributed by atoms with van der Waals surface area (Å²) in [4.78, 5) is 15.6. The third kappa shape index (κ3) is 4.61. The lowest BCUT2D eigenvalue weighted by molar-refractivity contribution is 0.0982. The van der Waals surface area contributed by atoms with Crippen molar-refractivity contribution in [2.24, 2.45) is 0 Å². The lowest BCUT2D eigenvalue weighted by Gasteiger charge is -2.28. The average Bonchev–Trinajstić information content (AvgIpc) is 2.83. The highest BCUT2D eigenvalue weighted by atomic mass is 79.9. The van der Waals surface area contributed by atoms with Gasteiger partial charge in [0.15, 0.2) is 5.78 Å². The number of carbonyl (C=O) groups is 1. The number of phenols is 1. The van der Waals surface area contributed by atoms with Gasteiger partial charge in [-0.3, -0.25) is 4.79 Å². The number of nitrogens with one attached hydrogen (secondary N) is 1. The Labute approximate surface area is 172 Å². The number of halogens is 2. The summed E-state index contributed by atoms with van der Waals surface area (Å²) in [5.74, 6) is 0.457. The minimum absolute atomic E-state index is 0.0847. The molecule has 0 amide bonds. The van der Waals surface area contributed by atoms with Crippen LogP contribution in [0.2, 0.25) is 0 Å². The molecule has 2 N–H and O–H groups in total. The summed E-state index contributed by atoms with van der Waals surface area (Å²) in [5.41, 5.74) is 3.26. The highest BCUT2D eigenvalue weighted by Crippen LogP contribution is 2.40. The summed E-state index contributed by atoms with van der Waals surface area (Å²) in [7, 11) is 0. The van der Waals surface area contributed by atoms with E-state index in [4.69, 9.17) is 0 Å². The van der Waals surface area contributed by atoms with Crippen molar-refractivity contribution in [1.82, 2.24) is 4.98 Å². The number of aromatic hydroxyl groups is 1. The Morgan fingerprint density at radius 1 is 1.04 bits per heavy atom. The van der Waals surface area contributed by atoms with Gasteiger partial charge >= 0.3 is 0 Å². The van der Waals surface area contributed by atoms with E-state index in [-0.39, 0.29) is 16.6 Å². The zero-order valence-electron chi connectivity index (χ0n) is 16.3. The van der Waals surface area contributed by atoms with Crippen LogP contribution in [0.4, 0.5) is 0 Å². The van der Waals surface area contributed by atoms with Gasteiger partial charge < -0.3 is 10.1 Å². The smallest absolute Gasteiger partial charge is 0.165 e. The van der Waals surface area contributed by atoms with Crippen LogP contribution in [-0.2, 0) is 17.3 Å². The molecular formula is C21H27Br2NO2. The van der Waals surface area contributed by atoms with Gasteiger partial charge in [0.25, 0.3) is 0 Å². The molecule has 1 aromatic heterocycles. The minimum atomic E-state index is -0.168. The first-order chi connectivity index (χ1) is 11.8. The number of hydrogen-bond donors (Lipinski definition) is 2. The van der Waals surface area contributed by atoms with Crippen molar-refractivity contribution in [3.8, 4) is 5.75 Å². The van der Waals surface area contributed by atoms with E-state index in [1.807, 2.05) is 12.1 Å². The normalized spacial score (nSPS) is 12.5. The lowest BCUT2D eigenvalue weighted by Crippen LogP contribution is -2.18. The van der Waals surface area contributed by atoms with Crippen LogP contribution in [0.1, 0.15) is 75.0 Å². The number of H-pyrrole nitrogens is 1. The van der Waals surface area contributed by atoms with E-state index in [2.05, 4.69) is 78.4 Å². The number of hydrogen-bond acceptors (Lipinski definition) is 2. The van der Waals surface area contributed by atoms with Gasteiger partial charge in [-0.15, -0.1) is 0 Å². The van der Waals surface area contributed by atoms with Crippen LogP contribution in [0, 0.1) is 0 Å². The third-order valence-corrected chi connectivity index (χ3v) is 6.48. The summed E-state index contributed by atoms with van der Waals surface area (Å²) in [6.45, 7) is 12.6. The number of carbonyl (C=O) groups excluding carboxylic acids is 1. The first kappa shape index (κ1) is 21.2. The fraction of sp³-hybridized carbons (Fsp3) is 0.476. The largest absolute Gasteiger partial charge is 0.507 e. The molecule has 5 heteroatoms. The second kappa shape index (κ2) is 7.51. The molecule has 0 atom stereocenters. The SMILES string of the molecule is CC(C)(C)c1cc(CCC(=O)c2c[nH]c(Br)c2Br)cc(C(C)(C)C)c1O. The van der Waals surface area contributed by atoms with Gasteiger partial charge in [0.05, 0.1) is 14.6 Å². The van der Waals surface area contributed by atoms with Gasteiger partial charge in [-0.2, -0.15) is 0 Å². The third-order valence-electron chi connectivity index (χ3n) is 4.50. The van der Waals surface area contributed by atoms with E-state index < -0.39 is 0 Å². The van der Waals surface area contributed by atoms with Crippen LogP contribution >= 0.6 is 31.9 Å². The number of phenolic OH excluding ortho intramolecular Hbond substituents is 1. The number of ketones is 1. The van der Waals surface area contributed by atoms with E-state index in [1.165, 1.54) is 0 Å². The topological polar surface area (TPSA) is 53.1 Å². The number of benzene rings is 1. The predicted molar refractivity (Wildman–Crippen MR) is 114 cm³/mol. The van der Waals surface area contributed by atoms with Crippen molar-refractivity contribution in [2.45, 2.75) is 65.2 Å². The molecule has 0 bridgehead atoms. The fourth-order valence-electron chi connectivity index (χ4n) is 2.96. The molecule has 0 saturated heterocycles. The molecule has 0 radical (unpaired) electrons. The Kier molecular flexibility index (Phi) is 6.13. The van der Waals surface area contributed by atoms with Crippen molar-refractivity contribution >= 4 is 37.6 Å². The maximum atomic E-state index is 12.6. The van der Waals surface area contributed by atoms with Crippen molar-refractivity contribution in [3.63, 3.8) is 0 Å². The van der Waals surface area contributed by atoms with Crippen LogP contribution < -0.4 is 0 Å². The van der Waals surface area contributed by atoms with Crippen molar-refractivity contribution in [1.29, 1.82) is 0 Å². The molecule has 2 rings (SSSR count). The zero-order valence-corrected chi connectivity index (χ0v) is 19.4. The number of aromatic amines is 1. The molecular weight excluding hydrogens is 458 g/mol. The van der Waals surface area contributed by atoms with Crippen molar-refractivity contribution in [3.05, 3.63) is 49.7 Å². The van der Waals surface area contributed by atoms with Gasteiger partial charge in [0.2, 0.25) is 0 Å². The summed E-state index contributed by atoms with van der Waals surface area (Å²) < 4.78 is 1.54. The first-order valence-corrected chi connectivity index (χ1v) is 10.3. The van der Waals surface area contributed by atoms with Gasteiger partial charge in [-0.1, -0.05) is 53.7 Å². The Bertz CT molecular complexity index is 789. The number of rotatable bonds is 4. The number of Topliss-reactive ketones (excluding diaryl/α,β-unsaturated/α-hetero) is 1. The Hall–Kier alpha value is -1.07. The summed E-state index contributed by atoms with van der Waals surface area (Å²) >= 11 is 6.80. The quantitative estimate of drug-likeness (QED) is 0.477. The molecule has 1 heterocycles. The van der Waals surface area contributed by atoms with E-state index in [9.17, 15) is 9.90 Å². The van der Waals surface area contributed by atoms with Crippen molar-refractivity contribution in [2.75, 3.05) is 0 Å². The number of aryl methyl sites for hydroxylation is 1. The maximum absolute atomic E-state index is 12.6. The maximum Gasteiger partial charge on any atom is 0.165 e. The molecule has 0 saturated carbocycles. The summed E-state index contributed by atoms with van der Waals surface area (Å²) in [6, 6.07) is 4.08. The molecule has 2 aromatic rings. The molecule has 1 aromatic carbocycles. The zero-order chi connectivity index (χ0) is 19.9. The van der Waals surface area contributed by atoms with E-state index in [1.54, 1.807) is 6.20 Å². The number of aromatic nitrogens is 1. The minimum Gasteiger partial charge on any atom is -0.507 e. The molecule has 0 fully saturated rings. The van der Waals surface area contributed by atoms with Crippen LogP contribution in [0.15, 0.2) is 27.4 Å². The highest BCUT2D eigenvalue weighted by Gasteiger charge is 2.26. The summed E-state index contributed by atoms with van der Waals surface area (Å²) in [5, 5.41) is 10.8. The fourth-order valence-corrected chi connectivity index (χ4v) is 3.74. The van der Waals surface area contributed by atoms with Crippen molar-refractivity contribution < 1.29 is 9.90 Å². The first-order valence-electron chi connectivity index (χ1n) is 8.74. The Morgan fingerprint density at radius 3 is 1.92 bits per heavy atom. The van der Waals surface area contributed by atoms with Gasteiger partial charge in [-0.05, 0) is 65.8 Å². The second-order valence-electron chi connectivity index (χ2n) is 8.79. The second-order valence-corrected chi connectivity index (χ2v) is 10.4. The molecule has 0 aliphatic heterocycles. The Balaban J connectivity index is 2.34. The monoisotopic (exact) mass is 483 g/mol. The van der Waals surface area contributed by atoms with Crippen LogP contribution in [0.3, 0.4) is 0 Å². The molecule has 0 aliphatic carbocycles. The summed E-state index contributed by atoms with van der Waals surface area (Å²) in [6.07, 6.45) is 2.77. The molecule has 0 spiro atoms. The van der Waals surface area contributed by atoms with E-state index in [0.717, 1.165) is 25.8 Å². The van der Waals surface area contributed by atoms with Crippen LogP contribution in [-0.4, -0.2) is 15.9 Å². The van der Waals surface area contributed by atoms with E-state index in [0.29, 0.717) is 24.2 Å². The van der Waals surface area contributed by atoms with Gasteiger partial charge in [0, 0.05) is 12.6 Å².